The smallest absolute Gasteiger partial charge is 0 e. The molecule has 0 aromatic heterocycles. The van der Waals surface area contributed by atoms with Gasteiger partial charge in [0.05, 0.1) is 0 Å². The molecule has 0 nitrogen and oxygen atoms in total. The fourth-order valence-electron chi connectivity index (χ4n) is 0. The van der Waals surface area contributed by atoms with Crippen LogP contribution in [0.1, 0.15) is 0 Å². The average Bonchev–Trinajstić information content (AvgIpc) is 0. The molecule has 0 bridgehead atoms. The molecule has 0 fully saturated rings. The van der Waals surface area contributed by atoms with Crippen molar-refractivity contribution in [1.82, 2.24) is 0 Å². The van der Waals surface area contributed by atoms with Crippen LogP contribution in [0.2, 0.25) is 0 Å². The van der Waals surface area contributed by atoms with E-state index in [1.807, 2.05) is 0 Å². The Kier molecular flexibility index (Phi) is 628. The van der Waals surface area contributed by atoms with Gasteiger partial charge in [0.25, 0.3) is 0 Å². The van der Waals surface area contributed by atoms with Crippen LogP contribution in [0.25, 0.3) is 0 Å². The molecule has 0 saturated carbocycles. The minimum Gasteiger partial charge on any atom is 0 e. The molecule has 0 aliphatic heterocycles. The van der Waals surface area contributed by atoms with Crippen LogP contribution in [0.3, 0.4) is 0 Å². The van der Waals surface area contributed by atoms with E-state index in [1.165, 1.54) is 0 Å². The van der Waals surface area contributed by atoms with Gasteiger partial charge in [-0.15, -0.1) is 0 Å². The standard InChI is InChI=1S/3Ge.5V. The van der Waals surface area contributed by atoms with E-state index >= 15 is 0 Å². The zero-order valence-electron chi connectivity index (χ0n) is 3.74. The summed E-state index contributed by atoms with van der Waals surface area (Å²) in [6.45, 7) is 0. The molecule has 0 saturated heterocycles. The Balaban J connectivity index is 0. The summed E-state index contributed by atoms with van der Waals surface area (Å²) < 4.78 is 0. The molecular weight excluding hydrogens is 473 g/mol. The molecule has 0 unspecified atom stereocenters. The summed E-state index contributed by atoms with van der Waals surface area (Å²) in [4.78, 5) is 0. The Hall–Kier alpha value is 4.55. The minimum atomic E-state index is 0. The maximum absolute atomic E-state index is 0. The fourth-order valence-corrected chi connectivity index (χ4v) is 0. The number of rotatable bonds is 0. The summed E-state index contributed by atoms with van der Waals surface area (Å²) in [6, 6.07) is 0. The molecule has 8 heavy (non-hydrogen) atoms. The van der Waals surface area contributed by atoms with Crippen LogP contribution >= 0.6 is 0 Å². The predicted molar refractivity (Wildman–Crippen MR) is 17.3 cm³/mol. The summed E-state index contributed by atoms with van der Waals surface area (Å²) >= 11 is 0. The van der Waals surface area contributed by atoms with Gasteiger partial charge >= 0.3 is 0 Å². The van der Waals surface area contributed by atoms with Crippen molar-refractivity contribution < 1.29 is 92.8 Å². The van der Waals surface area contributed by atoms with Crippen LogP contribution in [0.15, 0.2) is 0 Å². The number of hydrogen-bond acceptors (Lipinski definition) is 0. The van der Waals surface area contributed by atoms with Crippen molar-refractivity contribution in [3.8, 4) is 0 Å². The van der Waals surface area contributed by atoms with Crippen LogP contribution in [0.4, 0.5) is 0 Å². The second kappa shape index (κ2) is 62.1. The van der Waals surface area contributed by atoms with Gasteiger partial charge in [-0.25, -0.2) is 0 Å². The maximum atomic E-state index is 0. The molecule has 0 aromatic carbocycles. The second-order valence-electron chi connectivity index (χ2n) is 0. The molecule has 37 valence electrons. The first-order valence-electron chi connectivity index (χ1n) is 0. The molecule has 0 atom stereocenters. The van der Waals surface area contributed by atoms with Gasteiger partial charge < -0.3 is 0 Å². The Labute approximate surface area is 143 Å². The van der Waals surface area contributed by atoms with Gasteiger partial charge in [0.15, 0.2) is 0 Å². The van der Waals surface area contributed by atoms with Gasteiger partial charge in [0, 0.05) is 146 Å². The molecule has 0 aromatic rings. The van der Waals surface area contributed by atoms with Gasteiger partial charge in [-0.2, -0.15) is 0 Å². The molecular formula is Ge3V5. The van der Waals surface area contributed by atoms with Gasteiger partial charge in [-0.3, -0.25) is 0 Å². The molecule has 17 radical (unpaired) electrons. The second-order valence-corrected chi connectivity index (χ2v) is 0. The van der Waals surface area contributed by atoms with Gasteiger partial charge in [0.1, 0.15) is 0 Å². The largest absolute Gasteiger partial charge is 0 e. The van der Waals surface area contributed by atoms with Crippen LogP contribution < -0.4 is 0 Å². The van der Waals surface area contributed by atoms with Crippen molar-refractivity contribution in [2.24, 2.45) is 0 Å². The SMILES string of the molecule is [Ge].[Ge].[Ge].[V].[V].[V].[V].[V]. The van der Waals surface area contributed by atoms with E-state index in [2.05, 4.69) is 0 Å². The van der Waals surface area contributed by atoms with Crippen molar-refractivity contribution >= 4 is 52.8 Å². The monoisotopic (exact) mass is 476 g/mol. The van der Waals surface area contributed by atoms with E-state index in [0.717, 1.165) is 0 Å². The first kappa shape index (κ1) is 80.9. The Bertz CT molecular complexity index is 7.64. The van der Waals surface area contributed by atoms with Crippen LogP contribution in [0.5, 0.6) is 0 Å². The van der Waals surface area contributed by atoms with Crippen LogP contribution in [0, 0.1) is 0 Å². The van der Waals surface area contributed by atoms with Crippen molar-refractivity contribution in [2.45, 2.75) is 0 Å². The Morgan fingerprint density at radius 1 is 0.250 bits per heavy atom. The summed E-state index contributed by atoms with van der Waals surface area (Å²) in [5.41, 5.74) is 0. The zero-order valence-corrected chi connectivity index (χ0v) is 17.0. The Morgan fingerprint density at radius 3 is 0.250 bits per heavy atom. The molecule has 0 aliphatic carbocycles. The fraction of sp³-hybridized carbons (Fsp3) is 0. The van der Waals surface area contributed by atoms with E-state index in [4.69, 9.17) is 0 Å². The van der Waals surface area contributed by atoms with E-state index in [1.54, 1.807) is 0 Å². The topological polar surface area (TPSA) is 0 Å². The zero-order chi connectivity index (χ0) is 0. The van der Waals surface area contributed by atoms with E-state index in [0.29, 0.717) is 0 Å². The molecule has 0 N–H and O–H groups in total. The molecule has 0 aliphatic rings. The third kappa shape index (κ3) is 46.5. The van der Waals surface area contributed by atoms with Crippen molar-refractivity contribution in [2.75, 3.05) is 0 Å². The van der Waals surface area contributed by atoms with Crippen LogP contribution in [-0.2, 0) is 92.8 Å². The number of hydrogen-bond donors (Lipinski definition) is 0. The molecule has 0 rings (SSSR count). The maximum Gasteiger partial charge on any atom is 0 e. The average molecular weight is 473 g/mol. The summed E-state index contributed by atoms with van der Waals surface area (Å²) in [7, 11) is 0. The molecule has 8 heteroatoms. The quantitative estimate of drug-likeness (QED) is 0.391. The van der Waals surface area contributed by atoms with E-state index in [-0.39, 0.29) is 146 Å². The van der Waals surface area contributed by atoms with Crippen molar-refractivity contribution in [3.05, 3.63) is 0 Å². The predicted octanol–water partition coefficient (Wildman–Crippen LogP) is -1.15. The Morgan fingerprint density at radius 2 is 0.250 bits per heavy atom. The summed E-state index contributed by atoms with van der Waals surface area (Å²) in [5.74, 6) is 0. The van der Waals surface area contributed by atoms with E-state index < -0.39 is 0 Å². The third-order valence-electron chi connectivity index (χ3n) is 0. The third-order valence-corrected chi connectivity index (χ3v) is 0. The summed E-state index contributed by atoms with van der Waals surface area (Å²) in [6.07, 6.45) is 0. The van der Waals surface area contributed by atoms with Gasteiger partial charge in [-0.05, 0) is 0 Å². The van der Waals surface area contributed by atoms with E-state index in [9.17, 15) is 0 Å². The van der Waals surface area contributed by atoms with Gasteiger partial charge in [0.2, 0.25) is 0 Å². The normalized spacial score (nSPS) is 0. The molecule has 0 spiro atoms. The molecule has 0 amide bonds. The molecule has 0 heterocycles. The van der Waals surface area contributed by atoms with Crippen LogP contribution in [-0.4, -0.2) is 52.8 Å². The minimum absolute atomic E-state index is 0. The van der Waals surface area contributed by atoms with Crippen molar-refractivity contribution in [3.63, 3.8) is 0 Å². The first-order chi connectivity index (χ1) is 0. The van der Waals surface area contributed by atoms with Gasteiger partial charge in [-0.1, -0.05) is 0 Å². The van der Waals surface area contributed by atoms with Crippen molar-refractivity contribution in [1.29, 1.82) is 0 Å². The summed E-state index contributed by atoms with van der Waals surface area (Å²) in [5, 5.41) is 0. The first-order valence-corrected chi connectivity index (χ1v) is 0.